The van der Waals surface area contributed by atoms with Crippen molar-refractivity contribution in [2.24, 2.45) is 0 Å². The molecule has 1 saturated carbocycles. The average Bonchev–Trinajstić information content (AvgIpc) is 2.51. The van der Waals surface area contributed by atoms with Crippen molar-refractivity contribution < 1.29 is 4.21 Å². The molecule has 1 aliphatic carbocycles. The van der Waals surface area contributed by atoms with E-state index >= 15 is 0 Å². The van der Waals surface area contributed by atoms with Crippen molar-refractivity contribution in [3.8, 4) is 0 Å². The van der Waals surface area contributed by atoms with Crippen LogP contribution in [0.5, 0.6) is 0 Å². The molecule has 112 valence electrons. The molecule has 1 N–H and O–H groups in total. The summed E-state index contributed by atoms with van der Waals surface area (Å²) >= 11 is 0. The van der Waals surface area contributed by atoms with Crippen molar-refractivity contribution in [2.45, 2.75) is 94.9 Å². The highest BCUT2D eigenvalue weighted by atomic mass is 32.2. The van der Waals surface area contributed by atoms with Crippen molar-refractivity contribution in [1.29, 1.82) is 0 Å². The van der Waals surface area contributed by atoms with Gasteiger partial charge in [-0.2, -0.15) is 0 Å². The summed E-state index contributed by atoms with van der Waals surface area (Å²) < 4.78 is 12.5. The van der Waals surface area contributed by atoms with E-state index in [0.717, 1.165) is 12.2 Å². The molecular weight excluding hydrogens is 254 g/mol. The van der Waals surface area contributed by atoms with Crippen LogP contribution in [0, 0.1) is 0 Å². The highest BCUT2D eigenvalue weighted by Crippen LogP contribution is 2.23. The molecule has 1 aliphatic heterocycles. The van der Waals surface area contributed by atoms with Crippen LogP contribution in [0.15, 0.2) is 0 Å². The third-order valence-corrected chi connectivity index (χ3v) is 6.67. The Hall–Kier alpha value is 0.110. The van der Waals surface area contributed by atoms with Gasteiger partial charge in [-0.1, -0.05) is 51.4 Å². The van der Waals surface area contributed by atoms with E-state index in [1.807, 2.05) is 0 Å². The molecule has 0 aromatic heterocycles. The zero-order chi connectivity index (χ0) is 13.5. The Balaban J connectivity index is 1.98. The number of nitrogens with one attached hydrogen (secondary N) is 1. The van der Waals surface area contributed by atoms with E-state index < -0.39 is 10.8 Å². The first-order valence-corrected chi connectivity index (χ1v) is 9.79. The van der Waals surface area contributed by atoms with Gasteiger partial charge >= 0.3 is 0 Å². The summed E-state index contributed by atoms with van der Waals surface area (Å²) in [4.78, 5) is 0. The largest absolute Gasteiger partial charge is 0.310 e. The first-order chi connectivity index (χ1) is 9.27. The lowest BCUT2D eigenvalue weighted by molar-refractivity contribution is 0.381. The van der Waals surface area contributed by atoms with E-state index in [-0.39, 0.29) is 0 Å². The maximum absolute atomic E-state index is 12.5. The third-order valence-electron chi connectivity index (χ3n) is 4.79. The molecule has 2 nitrogen and oxygen atoms in total. The minimum atomic E-state index is -0.599. The van der Waals surface area contributed by atoms with Crippen molar-refractivity contribution >= 4 is 10.8 Å². The van der Waals surface area contributed by atoms with Crippen molar-refractivity contribution in [3.05, 3.63) is 0 Å². The Kier molecular flexibility index (Phi) is 6.86. The van der Waals surface area contributed by atoms with Crippen LogP contribution in [-0.2, 0) is 10.8 Å². The minimum absolute atomic E-state index is 0.421. The SMILES string of the molecule is CC1CCS(=O)C2CCCCCCCCCCC2N1. The standard InChI is InChI=1S/C16H31NOS/c1-14-12-13-19(18)16-11-9-7-5-3-2-4-6-8-10-15(16)17-14/h14-17H,2-13H2,1H3. The van der Waals surface area contributed by atoms with Crippen molar-refractivity contribution in [3.63, 3.8) is 0 Å². The van der Waals surface area contributed by atoms with Crippen molar-refractivity contribution in [1.82, 2.24) is 5.32 Å². The molecule has 19 heavy (non-hydrogen) atoms. The van der Waals surface area contributed by atoms with Gasteiger partial charge in [-0.25, -0.2) is 0 Å². The summed E-state index contributed by atoms with van der Waals surface area (Å²) in [7, 11) is -0.599. The van der Waals surface area contributed by atoms with Gasteiger partial charge in [0.25, 0.3) is 0 Å². The van der Waals surface area contributed by atoms with E-state index in [9.17, 15) is 4.21 Å². The zero-order valence-electron chi connectivity index (χ0n) is 12.5. The molecule has 0 spiro atoms. The lowest BCUT2D eigenvalue weighted by Gasteiger charge is -2.27. The van der Waals surface area contributed by atoms with Gasteiger partial charge in [0.05, 0.1) is 5.25 Å². The molecule has 0 amide bonds. The lowest BCUT2D eigenvalue weighted by Crippen LogP contribution is -2.43. The van der Waals surface area contributed by atoms with Crippen LogP contribution in [0.3, 0.4) is 0 Å². The Morgan fingerprint density at radius 3 is 2.11 bits per heavy atom. The van der Waals surface area contributed by atoms with Crippen LogP contribution in [0.4, 0.5) is 0 Å². The van der Waals surface area contributed by atoms with E-state index in [0.29, 0.717) is 17.3 Å². The van der Waals surface area contributed by atoms with E-state index in [2.05, 4.69) is 12.2 Å². The van der Waals surface area contributed by atoms with E-state index in [1.54, 1.807) is 0 Å². The molecule has 0 radical (unpaired) electrons. The Labute approximate surface area is 121 Å². The second kappa shape index (κ2) is 8.41. The van der Waals surface area contributed by atoms with Gasteiger partial charge in [0.2, 0.25) is 0 Å². The first-order valence-electron chi connectivity index (χ1n) is 8.40. The summed E-state index contributed by atoms with van der Waals surface area (Å²) in [5.41, 5.74) is 0. The first kappa shape index (κ1) is 15.5. The van der Waals surface area contributed by atoms with Crippen LogP contribution < -0.4 is 5.32 Å². The fourth-order valence-corrected chi connectivity index (χ4v) is 5.46. The molecule has 1 heterocycles. The van der Waals surface area contributed by atoms with Gasteiger partial charge in [-0.05, 0) is 26.2 Å². The fraction of sp³-hybridized carbons (Fsp3) is 1.00. The number of hydrogen-bond acceptors (Lipinski definition) is 2. The van der Waals surface area contributed by atoms with Gasteiger partial charge < -0.3 is 5.32 Å². The van der Waals surface area contributed by atoms with Crippen molar-refractivity contribution in [2.75, 3.05) is 5.75 Å². The second-order valence-electron chi connectivity index (χ2n) is 6.49. The second-order valence-corrected chi connectivity index (χ2v) is 8.27. The summed E-state index contributed by atoms with van der Waals surface area (Å²) in [6.07, 6.45) is 14.4. The fourth-order valence-electron chi connectivity index (χ4n) is 3.56. The van der Waals surface area contributed by atoms with Crippen LogP contribution in [0.25, 0.3) is 0 Å². The highest BCUT2D eigenvalue weighted by Gasteiger charge is 2.30. The molecule has 2 rings (SSSR count). The molecule has 0 aromatic carbocycles. The summed E-state index contributed by atoms with van der Waals surface area (Å²) in [5, 5.41) is 4.19. The zero-order valence-corrected chi connectivity index (χ0v) is 13.4. The maximum Gasteiger partial charge on any atom is 0.0501 e. The quantitative estimate of drug-likeness (QED) is 0.734. The number of rotatable bonds is 0. The monoisotopic (exact) mass is 285 g/mol. The van der Waals surface area contributed by atoms with Gasteiger partial charge in [-0.3, -0.25) is 4.21 Å². The molecule has 2 aliphatic rings. The smallest absolute Gasteiger partial charge is 0.0501 e. The number of hydrogen-bond donors (Lipinski definition) is 1. The van der Waals surface area contributed by atoms with Crippen LogP contribution >= 0.6 is 0 Å². The third kappa shape index (κ3) is 5.18. The molecule has 4 atom stereocenters. The van der Waals surface area contributed by atoms with Crippen LogP contribution in [0.1, 0.15) is 77.6 Å². The molecule has 0 aromatic rings. The molecule has 4 unspecified atom stereocenters. The van der Waals surface area contributed by atoms with E-state index in [1.165, 1.54) is 64.2 Å². The minimum Gasteiger partial charge on any atom is -0.310 e. The van der Waals surface area contributed by atoms with Gasteiger partial charge in [0.1, 0.15) is 0 Å². The molecular formula is C16H31NOS. The Morgan fingerprint density at radius 2 is 1.42 bits per heavy atom. The normalized spacial score (nSPS) is 39.4. The lowest BCUT2D eigenvalue weighted by atomic mass is 9.97. The Bertz CT molecular complexity index is 282. The molecule has 1 saturated heterocycles. The van der Waals surface area contributed by atoms with Gasteiger partial charge in [0.15, 0.2) is 0 Å². The topological polar surface area (TPSA) is 29.1 Å². The predicted octanol–water partition coefficient (Wildman–Crippen LogP) is 3.77. The summed E-state index contributed by atoms with van der Waals surface area (Å²) in [6, 6.07) is 1.06. The van der Waals surface area contributed by atoms with Crippen LogP contribution in [0.2, 0.25) is 0 Å². The van der Waals surface area contributed by atoms with Gasteiger partial charge in [-0.15, -0.1) is 0 Å². The summed E-state index contributed by atoms with van der Waals surface area (Å²) in [5.74, 6) is 0.912. The summed E-state index contributed by atoms with van der Waals surface area (Å²) in [6.45, 7) is 2.26. The number of fused-ring (bicyclic) bond motifs is 1. The average molecular weight is 285 g/mol. The maximum atomic E-state index is 12.5. The predicted molar refractivity (Wildman–Crippen MR) is 84.0 cm³/mol. The molecule has 0 bridgehead atoms. The molecule has 3 heteroatoms. The Morgan fingerprint density at radius 1 is 0.842 bits per heavy atom. The van der Waals surface area contributed by atoms with E-state index in [4.69, 9.17) is 0 Å². The van der Waals surface area contributed by atoms with Crippen LogP contribution in [-0.4, -0.2) is 27.3 Å². The highest BCUT2D eigenvalue weighted by molar-refractivity contribution is 7.85. The molecule has 2 fully saturated rings. The van der Waals surface area contributed by atoms with Gasteiger partial charge in [0, 0.05) is 28.6 Å².